The first-order chi connectivity index (χ1) is 9.08. The van der Waals surface area contributed by atoms with Crippen LogP contribution in [0.15, 0.2) is 30.6 Å². The van der Waals surface area contributed by atoms with E-state index in [9.17, 15) is 10.1 Å². The molecule has 0 aliphatic carbocycles. The van der Waals surface area contributed by atoms with Crippen molar-refractivity contribution >= 4 is 11.5 Å². The number of aryl methyl sites for hydroxylation is 2. The van der Waals surface area contributed by atoms with Crippen LogP contribution in [0.2, 0.25) is 0 Å². The predicted octanol–water partition coefficient (Wildman–Crippen LogP) is 2.61. The molecule has 98 valence electrons. The Morgan fingerprint density at radius 1 is 1.32 bits per heavy atom. The third kappa shape index (κ3) is 3.04. The number of rotatable bonds is 4. The van der Waals surface area contributed by atoms with Crippen LogP contribution in [-0.4, -0.2) is 14.9 Å². The molecule has 19 heavy (non-hydrogen) atoms. The Morgan fingerprint density at radius 2 is 2.11 bits per heavy atom. The Morgan fingerprint density at radius 3 is 2.79 bits per heavy atom. The normalized spacial score (nSPS) is 10.2. The molecule has 0 saturated heterocycles. The lowest BCUT2D eigenvalue weighted by Crippen LogP contribution is -2.06. The minimum Gasteiger partial charge on any atom is -0.360 e. The SMILES string of the molecule is Cc1ccc([N+](=O)[O-])c(NCc2ccncc2C)n1. The van der Waals surface area contributed by atoms with Crippen molar-refractivity contribution in [3.8, 4) is 0 Å². The van der Waals surface area contributed by atoms with Crippen molar-refractivity contribution in [3.63, 3.8) is 0 Å². The Kier molecular flexibility index (Phi) is 3.70. The van der Waals surface area contributed by atoms with E-state index in [-0.39, 0.29) is 5.69 Å². The summed E-state index contributed by atoms with van der Waals surface area (Å²) < 4.78 is 0. The van der Waals surface area contributed by atoms with Crippen molar-refractivity contribution in [1.82, 2.24) is 9.97 Å². The van der Waals surface area contributed by atoms with Crippen LogP contribution in [-0.2, 0) is 6.54 Å². The summed E-state index contributed by atoms with van der Waals surface area (Å²) in [7, 11) is 0. The van der Waals surface area contributed by atoms with Gasteiger partial charge in [-0.1, -0.05) is 0 Å². The third-order valence-electron chi connectivity index (χ3n) is 2.79. The zero-order valence-corrected chi connectivity index (χ0v) is 10.8. The summed E-state index contributed by atoms with van der Waals surface area (Å²) in [5.74, 6) is 0.293. The number of nitro groups is 1. The molecule has 0 aliphatic rings. The fraction of sp³-hybridized carbons (Fsp3) is 0.231. The second-order valence-corrected chi connectivity index (χ2v) is 4.23. The molecule has 0 saturated carbocycles. The van der Waals surface area contributed by atoms with Crippen molar-refractivity contribution < 1.29 is 4.92 Å². The van der Waals surface area contributed by atoms with Gasteiger partial charge in [-0.05, 0) is 37.1 Å². The molecule has 2 heterocycles. The molecule has 0 spiro atoms. The van der Waals surface area contributed by atoms with E-state index in [1.165, 1.54) is 6.07 Å². The van der Waals surface area contributed by atoms with Crippen LogP contribution in [0.1, 0.15) is 16.8 Å². The summed E-state index contributed by atoms with van der Waals surface area (Å²) in [6, 6.07) is 4.97. The van der Waals surface area contributed by atoms with Crippen LogP contribution < -0.4 is 5.32 Å². The van der Waals surface area contributed by atoms with E-state index in [0.29, 0.717) is 12.4 Å². The summed E-state index contributed by atoms with van der Waals surface area (Å²) in [5.41, 5.74) is 2.79. The number of pyridine rings is 2. The highest BCUT2D eigenvalue weighted by atomic mass is 16.6. The van der Waals surface area contributed by atoms with Gasteiger partial charge >= 0.3 is 5.69 Å². The van der Waals surface area contributed by atoms with Crippen LogP contribution in [0.5, 0.6) is 0 Å². The van der Waals surface area contributed by atoms with Crippen molar-refractivity contribution in [2.75, 3.05) is 5.32 Å². The van der Waals surface area contributed by atoms with Crippen molar-refractivity contribution in [3.05, 3.63) is 57.5 Å². The summed E-state index contributed by atoms with van der Waals surface area (Å²) in [4.78, 5) is 18.7. The van der Waals surface area contributed by atoms with Gasteiger partial charge in [0.15, 0.2) is 0 Å². The molecule has 0 aliphatic heterocycles. The van der Waals surface area contributed by atoms with E-state index in [4.69, 9.17) is 0 Å². The second-order valence-electron chi connectivity index (χ2n) is 4.23. The maximum absolute atomic E-state index is 10.9. The van der Waals surface area contributed by atoms with Gasteiger partial charge in [-0.3, -0.25) is 15.1 Å². The molecule has 2 rings (SSSR count). The average Bonchev–Trinajstić information content (AvgIpc) is 2.37. The lowest BCUT2D eigenvalue weighted by molar-refractivity contribution is -0.384. The van der Waals surface area contributed by atoms with Crippen molar-refractivity contribution in [2.24, 2.45) is 0 Å². The molecule has 6 heteroatoms. The number of aromatic nitrogens is 2. The zero-order valence-electron chi connectivity index (χ0n) is 10.8. The largest absolute Gasteiger partial charge is 0.360 e. The van der Waals surface area contributed by atoms with Gasteiger partial charge in [0.25, 0.3) is 0 Å². The first-order valence-electron chi connectivity index (χ1n) is 5.83. The monoisotopic (exact) mass is 258 g/mol. The lowest BCUT2D eigenvalue weighted by atomic mass is 10.1. The molecular formula is C13H14N4O2. The van der Waals surface area contributed by atoms with Crippen LogP contribution >= 0.6 is 0 Å². The van der Waals surface area contributed by atoms with Crippen LogP contribution in [0.25, 0.3) is 0 Å². The maximum atomic E-state index is 10.9. The first-order valence-corrected chi connectivity index (χ1v) is 5.83. The van der Waals surface area contributed by atoms with Gasteiger partial charge in [0.05, 0.1) is 4.92 Å². The second kappa shape index (κ2) is 5.43. The highest BCUT2D eigenvalue weighted by Crippen LogP contribution is 2.22. The predicted molar refractivity (Wildman–Crippen MR) is 71.9 cm³/mol. The fourth-order valence-corrected chi connectivity index (χ4v) is 1.71. The summed E-state index contributed by atoms with van der Waals surface area (Å²) in [6.07, 6.45) is 3.46. The molecule has 0 amide bonds. The Labute approximate surface area is 110 Å². The minimum absolute atomic E-state index is 0.0164. The quantitative estimate of drug-likeness (QED) is 0.673. The molecule has 0 radical (unpaired) electrons. The molecule has 6 nitrogen and oxygen atoms in total. The van der Waals surface area contributed by atoms with E-state index < -0.39 is 4.92 Å². The first kappa shape index (κ1) is 12.9. The molecule has 2 aromatic rings. The molecule has 0 unspecified atom stereocenters. The Bertz CT molecular complexity index is 613. The number of nitrogens with one attached hydrogen (secondary N) is 1. The van der Waals surface area contributed by atoms with Crippen LogP contribution in [0.4, 0.5) is 11.5 Å². The van der Waals surface area contributed by atoms with E-state index in [2.05, 4.69) is 15.3 Å². The number of hydrogen-bond donors (Lipinski definition) is 1. The van der Waals surface area contributed by atoms with Gasteiger partial charge in [-0.25, -0.2) is 4.98 Å². The Hall–Kier alpha value is -2.50. The summed E-state index contributed by atoms with van der Waals surface area (Å²) in [5, 5.41) is 13.9. The summed E-state index contributed by atoms with van der Waals surface area (Å²) in [6.45, 7) is 4.22. The van der Waals surface area contributed by atoms with Crippen LogP contribution in [0.3, 0.4) is 0 Å². The molecular weight excluding hydrogens is 244 g/mol. The van der Waals surface area contributed by atoms with Crippen LogP contribution in [0, 0.1) is 24.0 Å². The molecule has 0 atom stereocenters. The fourth-order valence-electron chi connectivity index (χ4n) is 1.71. The van der Waals surface area contributed by atoms with E-state index in [1.54, 1.807) is 25.4 Å². The van der Waals surface area contributed by atoms with Crippen molar-refractivity contribution in [1.29, 1.82) is 0 Å². The Balaban J connectivity index is 2.22. The smallest absolute Gasteiger partial charge is 0.311 e. The van der Waals surface area contributed by atoms with E-state index in [0.717, 1.165) is 16.8 Å². The van der Waals surface area contributed by atoms with Gasteiger partial charge < -0.3 is 5.32 Å². The van der Waals surface area contributed by atoms with Gasteiger partial charge in [0.2, 0.25) is 5.82 Å². The molecule has 1 N–H and O–H groups in total. The van der Waals surface area contributed by atoms with Gasteiger partial charge in [-0.2, -0.15) is 0 Å². The number of anilines is 1. The van der Waals surface area contributed by atoms with Gasteiger partial charge in [-0.15, -0.1) is 0 Å². The zero-order chi connectivity index (χ0) is 13.8. The van der Waals surface area contributed by atoms with Gasteiger partial charge in [0.1, 0.15) is 0 Å². The third-order valence-corrected chi connectivity index (χ3v) is 2.79. The molecule has 0 aromatic carbocycles. The topological polar surface area (TPSA) is 81.0 Å². The number of nitrogens with zero attached hydrogens (tertiary/aromatic N) is 3. The van der Waals surface area contributed by atoms with E-state index in [1.807, 2.05) is 13.0 Å². The highest BCUT2D eigenvalue weighted by Gasteiger charge is 2.14. The highest BCUT2D eigenvalue weighted by molar-refractivity contribution is 5.56. The van der Waals surface area contributed by atoms with Gasteiger partial charge in [0, 0.05) is 30.7 Å². The maximum Gasteiger partial charge on any atom is 0.311 e. The molecule has 2 aromatic heterocycles. The van der Waals surface area contributed by atoms with Crippen molar-refractivity contribution in [2.45, 2.75) is 20.4 Å². The molecule has 0 bridgehead atoms. The average molecular weight is 258 g/mol. The molecule has 0 fully saturated rings. The number of hydrogen-bond acceptors (Lipinski definition) is 5. The standard InChI is InChI=1S/C13H14N4O2/c1-9-7-14-6-5-11(9)8-15-13-12(17(18)19)4-3-10(2)16-13/h3-7H,8H2,1-2H3,(H,15,16). The lowest BCUT2D eigenvalue weighted by Gasteiger charge is -2.08. The summed E-state index contributed by atoms with van der Waals surface area (Å²) >= 11 is 0. The minimum atomic E-state index is -0.436. The van der Waals surface area contributed by atoms with E-state index >= 15 is 0 Å².